The molecule has 212 valence electrons. The molecule has 2 saturated heterocycles. The second-order valence-electron chi connectivity index (χ2n) is 12.1. The molecule has 2 amide bonds. The lowest BCUT2D eigenvalue weighted by molar-refractivity contribution is -0.122. The molecule has 0 aromatic heterocycles. The van der Waals surface area contributed by atoms with E-state index in [-0.39, 0.29) is 40.0 Å². The van der Waals surface area contributed by atoms with Crippen LogP contribution >= 0.6 is 23.2 Å². The van der Waals surface area contributed by atoms with E-state index in [0.717, 1.165) is 0 Å². The first-order valence-electron chi connectivity index (χ1n) is 13.3. The van der Waals surface area contributed by atoms with Crippen LogP contribution in [0.5, 0.6) is 0 Å². The molecule has 10 heteroatoms. The maximum atomic E-state index is 16.0. The van der Waals surface area contributed by atoms with Crippen LogP contribution in [0.15, 0.2) is 60.7 Å². The minimum absolute atomic E-state index is 0.0928. The van der Waals surface area contributed by atoms with Crippen molar-refractivity contribution in [2.45, 2.75) is 50.6 Å². The third kappa shape index (κ3) is 4.15. The van der Waals surface area contributed by atoms with Gasteiger partial charge in [0, 0.05) is 28.4 Å². The molecule has 3 aliphatic heterocycles. The lowest BCUT2D eigenvalue weighted by Crippen LogP contribution is -2.52. The van der Waals surface area contributed by atoms with E-state index in [2.05, 4.69) is 26.1 Å². The Morgan fingerprint density at radius 1 is 1.10 bits per heavy atom. The van der Waals surface area contributed by atoms with Crippen LogP contribution in [0, 0.1) is 11.2 Å². The van der Waals surface area contributed by atoms with Gasteiger partial charge in [-0.2, -0.15) is 0 Å². The Kier molecular flexibility index (Phi) is 6.45. The van der Waals surface area contributed by atoms with Gasteiger partial charge in [-0.15, -0.1) is 0 Å². The van der Waals surface area contributed by atoms with Crippen molar-refractivity contribution < 1.29 is 23.9 Å². The standard InChI is InChI=1S/C31H28Cl2FN3O4/c1-30(2,3)14-23-31(20-12-9-17(32)13-22(20)35-29(31)41)24(19-5-4-6-21(33)25(19)34)26-27(38)36(15-37(23)26)18-10-7-16(8-11-18)28(39)40/h4-13,23-24,26H,14-15H2,1-3H3,(H,35,41)(H,39,40)/t23-,24-,26+,31+/m1/s1. The first-order chi connectivity index (χ1) is 19.3. The highest BCUT2D eigenvalue weighted by Crippen LogP contribution is 2.61. The summed E-state index contributed by atoms with van der Waals surface area (Å²) < 4.78 is 16.0. The number of hydrogen-bond acceptors (Lipinski definition) is 4. The predicted molar refractivity (Wildman–Crippen MR) is 155 cm³/mol. The number of benzene rings is 3. The number of carbonyl (C=O) groups excluding carboxylic acids is 2. The lowest BCUT2D eigenvalue weighted by atomic mass is 9.62. The van der Waals surface area contributed by atoms with Crippen molar-refractivity contribution in [2.24, 2.45) is 5.41 Å². The molecule has 1 spiro atoms. The second-order valence-corrected chi connectivity index (χ2v) is 13.0. The smallest absolute Gasteiger partial charge is 0.335 e. The van der Waals surface area contributed by atoms with Crippen LogP contribution in [0.4, 0.5) is 15.8 Å². The highest BCUT2D eigenvalue weighted by atomic mass is 35.5. The van der Waals surface area contributed by atoms with Crippen LogP contribution in [-0.2, 0) is 15.0 Å². The molecule has 3 aromatic rings. The number of carboxylic acids is 1. The van der Waals surface area contributed by atoms with Gasteiger partial charge < -0.3 is 10.4 Å². The summed E-state index contributed by atoms with van der Waals surface area (Å²) in [6.45, 7) is 6.35. The lowest BCUT2D eigenvalue weighted by Gasteiger charge is -2.40. The van der Waals surface area contributed by atoms with Gasteiger partial charge in [-0.1, -0.05) is 62.2 Å². The number of carboxylic acid groups (broad SMARTS) is 1. The highest BCUT2D eigenvalue weighted by molar-refractivity contribution is 6.31. The molecule has 3 aliphatic rings. The van der Waals surface area contributed by atoms with Crippen molar-refractivity contribution in [2.75, 3.05) is 16.9 Å². The molecule has 41 heavy (non-hydrogen) atoms. The molecule has 3 aromatic carbocycles. The molecule has 2 N–H and O–H groups in total. The van der Waals surface area contributed by atoms with Crippen LogP contribution in [-0.4, -0.2) is 46.5 Å². The minimum atomic E-state index is -1.31. The van der Waals surface area contributed by atoms with E-state index in [1.165, 1.54) is 18.2 Å². The van der Waals surface area contributed by atoms with Crippen molar-refractivity contribution >= 4 is 52.4 Å². The van der Waals surface area contributed by atoms with Gasteiger partial charge in [0.15, 0.2) is 0 Å². The molecule has 0 aliphatic carbocycles. The van der Waals surface area contributed by atoms with Crippen LogP contribution in [0.2, 0.25) is 10.0 Å². The van der Waals surface area contributed by atoms with Crippen molar-refractivity contribution in [1.82, 2.24) is 4.90 Å². The highest BCUT2D eigenvalue weighted by Gasteiger charge is 2.71. The number of carbonyl (C=O) groups is 3. The van der Waals surface area contributed by atoms with E-state index < -0.39 is 35.2 Å². The Labute approximate surface area is 246 Å². The first kappa shape index (κ1) is 27.7. The second kappa shape index (κ2) is 9.54. The van der Waals surface area contributed by atoms with Crippen molar-refractivity contribution in [3.63, 3.8) is 0 Å². The zero-order valence-electron chi connectivity index (χ0n) is 22.6. The van der Waals surface area contributed by atoms with E-state index in [1.807, 2.05) is 4.90 Å². The number of amides is 2. The monoisotopic (exact) mass is 595 g/mol. The Balaban J connectivity index is 1.59. The van der Waals surface area contributed by atoms with Gasteiger partial charge in [0.25, 0.3) is 0 Å². The largest absolute Gasteiger partial charge is 0.478 e. The molecule has 0 unspecified atom stereocenters. The fraction of sp³-hybridized carbons (Fsp3) is 0.323. The Morgan fingerprint density at radius 3 is 2.46 bits per heavy atom. The number of fused-ring (bicyclic) bond motifs is 3. The summed E-state index contributed by atoms with van der Waals surface area (Å²) in [4.78, 5) is 43.7. The molecule has 6 rings (SSSR count). The van der Waals surface area contributed by atoms with Crippen molar-refractivity contribution in [3.8, 4) is 0 Å². The SMILES string of the molecule is CC(C)(C)C[C@H]1N2CN(c3ccc(C(=O)O)cc3)C(=O)[C@@H]2[C@@H](c2cccc(Cl)c2F)[C@@]12C(=O)Nc1cc(Cl)ccc12. The van der Waals surface area contributed by atoms with Crippen LogP contribution in [0.25, 0.3) is 0 Å². The topological polar surface area (TPSA) is 90.0 Å². The Hall–Kier alpha value is -3.46. The summed E-state index contributed by atoms with van der Waals surface area (Å²) in [5, 5.41) is 12.7. The molecular formula is C31H28Cl2FN3O4. The predicted octanol–water partition coefficient (Wildman–Crippen LogP) is 6.30. The molecule has 3 heterocycles. The van der Waals surface area contributed by atoms with E-state index in [1.54, 1.807) is 47.4 Å². The molecule has 0 radical (unpaired) electrons. The summed E-state index contributed by atoms with van der Waals surface area (Å²) >= 11 is 12.6. The number of anilines is 2. The van der Waals surface area contributed by atoms with E-state index in [9.17, 15) is 19.5 Å². The molecule has 4 atom stereocenters. The van der Waals surface area contributed by atoms with Gasteiger partial charge >= 0.3 is 5.97 Å². The van der Waals surface area contributed by atoms with Gasteiger partial charge in [0.1, 0.15) is 11.2 Å². The Morgan fingerprint density at radius 2 is 1.80 bits per heavy atom. The normalized spacial score (nSPS) is 25.5. The third-order valence-electron chi connectivity index (χ3n) is 8.51. The maximum absolute atomic E-state index is 16.0. The number of aromatic carboxylic acids is 1. The first-order valence-corrected chi connectivity index (χ1v) is 14.1. The summed E-state index contributed by atoms with van der Waals surface area (Å²) in [7, 11) is 0. The molecule has 0 bridgehead atoms. The fourth-order valence-corrected chi connectivity index (χ4v) is 7.32. The zero-order chi connectivity index (χ0) is 29.4. The van der Waals surface area contributed by atoms with Gasteiger partial charge in [0.05, 0.1) is 23.3 Å². The third-order valence-corrected chi connectivity index (χ3v) is 9.04. The van der Waals surface area contributed by atoms with Gasteiger partial charge in [-0.05, 0) is 65.4 Å². The van der Waals surface area contributed by atoms with Crippen LogP contribution < -0.4 is 10.2 Å². The average Bonchev–Trinajstić information content (AvgIpc) is 3.48. The van der Waals surface area contributed by atoms with Gasteiger partial charge in [-0.25, -0.2) is 9.18 Å². The van der Waals surface area contributed by atoms with Crippen molar-refractivity contribution in [1.29, 1.82) is 0 Å². The van der Waals surface area contributed by atoms with Gasteiger partial charge in [-0.3, -0.25) is 19.4 Å². The van der Waals surface area contributed by atoms with Crippen LogP contribution in [0.1, 0.15) is 54.6 Å². The molecule has 0 saturated carbocycles. The quantitative estimate of drug-likeness (QED) is 0.369. The molecular weight excluding hydrogens is 568 g/mol. The minimum Gasteiger partial charge on any atom is -0.478 e. The van der Waals surface area contributed by atoms with E-state index in [0.29, 0.717) is 28.4 Å². The van der Waals surface area contributed by atoms with E-state index >= 15 is 4.39 Å². The number of hydrogen-bond donors (Lipinski definition) is 2. The fourth-order valence-electron chi connectivity index (χ4n) is 6.96. The summed E-state index contributed by atoms with van der Waals surface area (Å²) in [5.41, 5.74) is 0.456. The number of nitrogens with zero attached hydrogens (tertiary/aromatic N) is 2. The Bertz CT molecular complexity index is 1610. The van der Waals surface area contributed by atoms with Crippen molar-refractivity contribution in [3.05, 3.63) is 93.2 Å². The average molecular weight is 596 g/mol. The summed E-state index contributed by atoms with van der Waals surface area (Å²) in [5.74, 6) is -3.26. The molecule has 2 fully saturated rings. The zero-order valence-corrected chi connectivity index (χ0v) is 24.1. The number of rotatable bonds is 4. The van der Waals surface area contributed by atoms with Crippen LogP contribution in [0.3, 0.4) is 0 Å². The molecule has 7 nitrogen and oxygen atoms in total. The van der Waals surface area contributed by atoms with E-state index in [4.69, 9.17) is 23.2 Å². The summed E-state index contributed by atoms with van der Waals surface area (Å²) in [6, 6.07) is 14.6. The number of halogens is 3. The maximum Gasteiger partial charge on any atom is 0.335 e. The summed E-state index contributed by atoms with van der Waals surface area (Å²) in [6.07, 6.45) is 0.525. The number of nitrogens with one attached hydrogen (secondary N) is 1. The van der Waals surface area contributed by atoms with Gasteiger partial charge in [0.2, 0.25) is 11.8 Å².